The molecule has 2 aliphatic rings. The Morgan fingerprint density at radius 2 is 2.12 bits per heavy atom. The average Bonchev–Trinajstić information content (AvgIpc) is 3.37. The van der Waals surface area contributed by atoms with E-state index in [-0.39, 0.29) is 34.8 Å². The summed E-state index contributed by atoms with van der Waals surface area (Å²) in [6, 6.07) is 7.30. The molecule has 0 radical (unpaired) electrons. The second kappa shape index (κ2) is 7.94. The number of amides is 1. The van der Waals surface area contributed by atoms with Gasteiger partial charge in [0.15, 0.2) is 0 Å². The van der Waals surface area contributed by atoms with Crippen LogP contribution in [0.1, 0.15) is 38.2 Å². The van der Waals surface area contributed by atoms with Gasteiger partial charge in [0, 0.05) is 36.7 Å². The normalized spacial score (nSPS) is 23.2. The van der Waals surface area contributed by atoms with Gasteiger partial charge >= 0.3 is 0 Å². The van der Waals surface area contributed by atoms with E-state index in [1.807, 2.05) is 11.0 Å². The molecule has 1 aliphatic carbocycles. The first-order chi connectivity index (χ1) is 11.0. The minimum absolute atomic E-state index is 0. The first kappa shape index (κ1) is 18.7. The van der Waals surface area contributed by atoms with Gasteiger partial charge in [-0.25, -0.2) is 0 Å². The maximum absolute atomic E-state index is 12.9. The Bertz CT molecular complexity index is 606. The molecule has 1 aromatic rings. The van der Waals surface area contributed by atoms with Gasteiger partial charge in [-0.2, -0.15) is 0 Å². The molecule has 24 heavy (non-hydrogen) atoms. The summed E-state index contributed by atoms with van der Waals surface area (Å²) in [6.07, 6.45) is 3.83. The van der Waals surface area contributed by atoms with Crippen molar-refractivity contribution in [3.8, 4) is 0 Å². The summed E-state index contributed by atoms with van der Waals surface area (Å²) in [5, 5.41) is 14.3. The van der Waals surface area contributed by atoms with E-state index in [4.69, 9.17) is 0 Å². The van der Waals surface area contributed by atoms with Crippen LogP contribution >= 0.6 is 12.4 Å². The zero-order valence-corrected chi connectivity index (χ0v) is 14.6. The highest BCUT2D eigenvalue weighted by Crippen LogP contribution is 2.32. The molecule has 1 saturated carbocycles. The first-order valence-corrected chi connectivity index (χ1v) is 8.32. The van der Waals surface area contributed by atoms with Crippen LogP contribution in [0.15, 0.2) is 24.3 Å². The predicted octanol–water partition coefficient (Wildman–Crippen LogP) is 2.90. The van der Waals surface area contributed by atoms with Crippen molar-refractivity contribution in [2.75, 3.05) is 6.54 Å². The highest BCUT2D eigenvalue weighted by Gasteiger charge is 2.37. The van der Waals surface area contributed by atoms with Gasteiger partial charge < -0.3 is 10.2 Å². The largest absolute Gasteiger partial charge is 0.335 e. The third-order valence-corrected chi connectivity index (χ3v) is 4.72. The summed E-state index contributed by atoms with van der Waals surface area (Å²) in [7, 11) is 0. The van der Waals surface area contributed by atoms with E-state index >= 15 is 0 Å². The minimum Gasteiger partial charge on any atom is -0.335 e. The molecule has 0 aromatic heterocycles. The number of nitro groups is 1. The predicted molar refractivity (Wildman–Crippen MR) is 94.1 cm³/mol. The van der Waals surface area contributed by atoms with E-state index in [9.17, 15) is 14.9 Å². The molecule has 2 fully saturated rings. The number of non-ortho nitro benzene ring substituents is 1. The molecule has 1 aliphatic heterocycles. The van der Waals surface area contributed by atoms with Crippen LogP contribution in [-0.4, -0.2) is 34.4 Å². The number of nitro benzene ring substituents is 1. The monoisotopic (exact) mass is 353 g/mol. The number of piperidine rings is 1. The molecule has 0 bridgehead atoms. The standard InChI is InChI=1S/C17H23N3O3.ClH/c1-12-9-14(7-8-18-12)17(21)19(15-5-6-15)11-13-3-2-4-16(10-13)20(22)23;/h2-4,10,12,14-15,18H,5-9,11H2,1H3;1H/t12-,14-;/m0./s1. The number of nitrogens with zero attached hydrogens (tertiary/aromatic N) is 2. The Morgan fingerprint density at radius 3 is 2.75 bits per heavy atom. The lowest BCUT2D eigenvalue weighted by Crippen LogP contribution is -2.44. The molecule has 1 N–H and O–H groups in total. The molecule has 1 saturated heterocycles. The molecule has 1 heterocycles. The maximum Gasteiger partial charge on any atom is 0.269 e. The van der Waals surface area contributed by atoms with Gasteiger partial charge in [0.1, 0.15) is 0 Å². The Hall–Kier alpha value is -1.66. The summed E-state index contributed by atoms with van der Waals surface area (Å²) >= 11 is 0. The lowest BCUT2D eigenvalue weighted by Gasteiger charge is -2.32. The third-order valence-electron chi connectivity index (χ3n) is 4.72. The number of rotatable bonds is 5. The SMILES string of the molecule is C[C@H]1C[C@@H](C(=O)N(Cc2cccc([N+](=O)[O-])c2)C2CC2)CCN1.Cl. The lowest BCUT2D eigenvalue weighted by molar-refractivity contribution is -0.384. The number of carbonyl (C=O) groups excluding carboxylic acids is 1. The molecule has 1 aromatic carbocycles. The topological polar surface area (TPSA) is 75.5 Å². The number of benzene rings is 1. The highest BCUT2D eigenvalue weighted by molar-refractivity contribution is 5.85. The van der Waals surface area contributed by atoms with E-state index in [0.29, 0.717) is 18.6 Å². The molecule has 0 unspecified atom stereocenters. The Balaban J connectivity index is 0.00000208. The van der Waals surface area contributed by atoms with Crippen molar-refractivity contribution < 1.29 is 9.72 Å². The highest BCUT2D eigenvalue weighted by atomic mass is 35.5. The molecular weight excluding hydrogens is 330 g/mol. The fraction of sp³-hybridized carbons (Fsp3) is 0.588. The lowest BCUT2D eigenvalue weighted by atomic mass is 9.91. The van der Waals surface area contributed by atoms with E-state index in [1.54, 1.807) is 12.1 Å². The minimum atomic E-state index is -0.388. The molecule has 0 spiro atoms. The van der Waals surface area contributed by atoms with Crippen LogP contribution in [0.2, 0.25) is 0 Å². The average molecular weight is 354 g/mol. The second-order valence-electron chi connectivity index (χ2n) is 6.70. The van der Waals surface area contributed by atoms with Gasteiger partial charge in [-0.05, 0) is 44.7 Å². The molecule has 7 heteroatoms. The molecular formula is C17H24ClN3O3. The van der Waals surface area contributed by atoms with E-state index < -0.39 is 0 Å². The summed E-state index contributed by atoms with van der Waals surface area (Å²) in [5.41, 5.74) is 0.919. The van der Waals surface area contributed by atoms with Gasteiger partial charge in [0.25, 0.3) is 5.69 Å². The number of carbonyl (C=O) groups is 1. The smallest absolute Gasteiger partial charge is 0.269 e. The van der Waals surface area contributed by atoms with Crippen molar-refractivity contribution in [2.24, 2.45) is 5.92 Å². The van der Waals surface area contributed by atoms with Gasteiger partial charge in [-0.15, -0.1) is 12.4 Å². The summed E-state index contributed by atoms with van der Waals surface area (Å²) in [6.45, 7) is 3.47. The van der Waals surface area contributed by atoms with Crippen LogP contribution in [0.25, 0.3) is 0 Å². The fourth-order valence-electron chi connectivity index (χ4n) is 3.33. The van der Waals surface area contributed by atoms with Crippen molar-refractivity contribution in [3.63, 3.8) is 0 Å². The van der Waals surface area contributed by atoms with Crippen molar-refractivity contribution in [1.29, 1.82) is 0 Å². The van der Waals surface area contributed by atoms with Crippen LogP contribution in [0.5, 0.6) is 0 Å². The zero-order chi connectivity index (χ0) is 16.4. The van der Waals surface area contributed by atoms with Crippen molar-refractivity contribution >= 4 is 24.0 Å². The van der Waals surface area contributed by atoms with E-state index in [2.05, 4.69) is 12.2 Å². The Morgan fingerprint density at radius 1 is 1.38 bits per heavy atom. The molecule has 1 amide bonds. The van der Waals surface area contributed by atoms with Crippen LogP contribution < -0.4 is 5.32 Å². The van der Waals surface area contributed by atoms with Crippen molar-refractivity contribution in [1.82, 2.24) is 10.2 Å². The first-order valence-electron chi connectivity index (χ1n) is 8.32. The van der Waals surface area contributed by atoms with E-state index in [1.165, 1.54) is 6.07 Å². The van der Waals surface area contributed by atoms with Gasteiger partial charge in [0.2, 0.25) is 5.91 Å². The molecule has 6 nitrogen and oxygen atoms in total. The molecule has 3 rings (SSSR count). The van der Waals surface area contributed by atoms with Crippen LogP contribution in [-0.2, 0) is 11.3 Å². The summed E-state index contributed by atoms with van der Waals surface area (Å²) in [4.78, 5) is 25.4. The molecule has 2 atom stereocenters. The maximum atomic E-state index is 12.9. The second-order valence-corrected chi connectivity index (χ2v) is 6.70. The third kappa shape index (κ3) is 4.45. The zero-order valence-electron chi connectivity index (χ0n) is 13.8. The fourth-order valence-corrected chi connectivity index (χ4v) is 3.33. The Kier molecular flexibility index (Phi) is 6.18. The number of hydrogen-bond acceptors (Lipinski definition) is 4. The van der Waals surface area contributed by atoms with Gasteiger partial charge in [-0.3, -0.25) is 14.9 Å². The summed E-state index contributed by atoms with van der Waals surface area (Å²) < 4.78 is 0. The Labute approximate surface area is 148 Å². The number of halogens is 1. The van der Waals surface area contributed by atoms with Gasteiger partial charge in [0.05, 0.1) is 4.92 Å². The van der Waals surface area contributed by atoms with Crippen LogP contribution in [0.3, 0.4) is 0 Å². The van der Waals surface area contributed by atoms with Crippen molar-refractivity contribution in [3.05, 3.63) is 39.9 Å². The van der Waals surface area contributed by atoms with Gasteiger partial charge in [-0.1, -0.05) is 12.1 Å². The van der Waals surface area contributed by atoms with Crippen LogP contribution in [0, 0.1) is 16.0 Å². The van der Waals surface area contributed by atoms with Crippen molar-refractivity contribution in [2.45, 2.75) is 51.2 Å². The van der Waals surface area contributed by atoms with Crippen LogP contribution in [0.4, 0.5) is 5.69 Å². The number of nitrogens with one attached hydrogen (secondary N) is 1. The number of hydrogen-bond donors (Lipinski definition) is 1. The quantitative estimate of drug-likeness (QED) is 0.652. The van der Waals surface area contributed by atoms with E-state index in [0.717, 1.165) is 37.8 Å². The summed E-state index contributed by atoms with van der Waals surface area (Å²) in [5.74, 6) is 0.290. The molecule has 132 valence electrons.